The maximum atomic E-state index is 4.31. The number of amidine groups is 1. The lowest BCUT2D eigenvalue weighted by atomic mass is 10.1. The van der Waals surface area contributed by atoms with Crippen molar-refractivity contribution in [1.29, 1.82) is 0 Å². The molecular weight excluding hydrogens is 156 g/mol. The summed E-state index contributed by atoms with van der Waals surface area (Å²) >= 11 is 1.55. The summed E-state index contributed by atoms with van der Waals surface area (Å²) in [6, 6.07) is 0. The molecule has 0 amide bonds. The van der Waals surface area contributed by atoms with E-state index in [1.807, 2.05) is 6.26 Å². The highest BCUT2D eigenvalue weighted by Crippen LogP contribution is 2.10. The van der Waals surface area contributed by atoms with Gasteiger partial charge in [0.1, 0.15) is 5.84 Å². The number of hydrogen-bond acceptors (Lipinski definition) is 2. The summed E-state index contributed by atoms with van der Waals surface area (Å²) in [5.41, 5.74) is 0. The van der Waals surface area contributed by atoms with Crippen molar-refractivity contribution in [3.8, 4) is 0 Å². The zero-order valence-electron chi connectivity index (χ0n) is 7.34. The molecule has 1 heterocycles. The van der Waals surface area contributed by atoms with Crippen molar-refractivity contribution in [3.05, 3.63) is 0 Å². The van der Waals surface area contributed by atoms with Crippen molar-refractivity contribution in [2.45, 2.75) is 26.2 Å². The number of hydrogen-bond donors (Lipinski definition) is 0. The molecule has 1 saturated heterocycles. The predicted molar refractivity (Wildman–Crippen MR) is 52.0 cm³/mol. The molecule has 0 aliphatic carbocycles. The standard InChI is InChI=1S/C8H16N2S/c1-8(9-11-2)10-6-4-3-5-7-10/h3-7H2,1-2H3/b9-8+. The molecule has 0 atom stereocenters. The smallest absolute Gasteiger partial charge is 0.109 e. The highest BCUT2D eigenvalue weighted by Gasteiger charge is 2.10. The van der Waals surface area contributed by atoms with Gasteiger partial charge in [0, 0.05) is 19.3 Å². The highest BCUT2D eigenvalue weighted by molar-refractivity contribution is 7.97. The molecule has 1 fully saturated rings. The summed E-state index contributed by atoms with van der Waals surface area (Å²) in [5.74, 6) is 1.19. The lowest BCUT2D eigenvalue weighted by molar-refractivity contribution is 0.341. The van der Waals surface area contributed by atoms with Gasteiger partial charge in [-0.2, -0.15) is 0 Å². The van der Waals surface area contributed by atoms with Crippen LogP contribution in [0.25, 0.3) is 0 Å². The molecule has 1 aliphatic heterocycles. The molecule has 64 valence electrons. The zero-order valence-corrected chi connectivity index (χ0v) is 8.15. The van der Waals surface area contributed by atoms with Crippen LogP contribution < -0.4 is 0 Å². The Morgan fingerprint density at radius 3 is 2.45 bits per heavy atom. The SMILES string of the molecule is CS/N=C(\C)N1CCCCC1. The average molecular weight is 172 g/mol. The van der Waals surface area contributed by atoms with Crippen molar-refractivity contribution in [2.24, 2.45) is 4.40 Å². The average Bonchev–Trinajstić information content (AvgIpc) is 2.07. The minimum absolute atomic E-state index is 1.19. The Balaban J connectivity index is 2.38. The van der Waals surface area contributed by atoms with Crippen molar-refractivity contribution in [2.75, 3.05) is 19.3 Å². The molecule has 0 radical (unpaired) electrons. The maximum Gasteiger partial charge on any atom is 0.109 e. The molecule has 0 aromatic rings. The molecule has 0 bridgehead atoms. The molecule has 2 nitrogen and oxygen atoms in total. The fourth-order valence-corrected chi connectivity index (χ4v) is 1.79. The Bertz CT molecular complexity index is 139. The Morgan fingerprint density at radius 2 is 1.91 bits per heavy atom. The minimum Gasteiger partial charge on any atom is -0.360 e. The van der Waals surface area contributed by atoms with Crippen molar-refractivity contribution < 1.29 is 0 Å². The molecule has 0 unspecified atom stereocenters. The van der Waals surface area contributed by atoms with Gasteiger partial charge in [0.15, 0.2) is 0 Å². The lowest BCUT2D eigenvalue weighted by Crippen LogP contribution is -2.33. The second-order valence-electron chi connectivity index (χ2n) is 2.87. The molecule has 3 heteroatoms. The third-order valence-electron chi connectivity index (χ3n) is 2.04. The number of rotatable bonds is 1. The van der Waals surface area contributed by atoms with Gasteiger partial charge in [0.25, 0.3) is 0 Å². The van der Waals surface area contributed by atoms with Gasteiger partial charge in [-0.05, 0) is 38.1 Å². The summed E-state index contributed by atoms with van der Waals surface area (Å²) in [6.07, 6.45) is 6.07. The van der Waals surface area contributed by atoms with E-state index >= 15 is 0 Å². The van der Waals surface area contributed by atoms with Crippen molar-refractivity contribution in [3.63, 3.8) is 0 Å². The largest absolute Gasteiger partial charge is 0.360 e. The van der Waals surface area contributed by atoms with E-state index in [1.165, 1.54) is 38.2 Å². The van der Waals surface area contributed by atoms with Crippen LogP contribution in [0.5, 0.6) is 0 Å². The van der Waals surface area contributed by atoms with Gasteiger partial charge < -0.3 is 4.90 Å². The number of piperidine rings is 1. The van der Waals surface area contributed by atoms with Gasteiger partial charge in [-0.1, -0.05) is 0 Å². The van der Waals surface area contributed by atoms with E-state index in [9.17, 15) is 0 Å². The molecular formula is C8H16N2S. The van der Waals surface area contributed by atoms with E-state index in [0.29, 0.717) is 0 Å². The number of nitrogens with zero attached hydrogens (tertiary/aromatic N) is 2. The molecule has 11 heavy (non-hydrogen) atoms. The first-order chi connectivity index (χ1) is 5.34. The third-order valence-corrected chi connectivity index (χ3v) is 2.48. The summed E-state index contributed by atoms with van der Waals surface area (Å²) < 4.78 is 4.31. The van der Waals surface area contributed by atoms with Gasteiger partial charge >= 0.3 is 0 Å². The van der Waals surface area contributed by atoms with E-state index in [2.05, 4.69) is 16.2 Å². The topological polar surface area (TPSA) is 15.6 Å². The normalized spacial score (nSPS) is 20.5. The van der Waals surface area contributed by atoms with Crippen LogP contribution in [0, 0.1) is 0 Å². The molecule has 1 rings (SSSR count). The maximum absolute atomic E-state index is 4.31. The highest BCUT2D eigenvalue weighted by atomic mass is 32.2. The fraction of sp³-hybridized carbons (Fsp3) is 0.875. The van der Waals surface area contributed by atoms with Crippen LogP contribution in [0.4, 0.5) is 0 Å². The van der Waals surface area contributed by atoms with Gasteiger partial charge in [0.2, 0.25) is 0 Å². The zero-order chi connectivity index (χ0) is 8.10. The molecule has 0 spiro atoms. The minimum atomic E-state index is 1.19. The molecule has 0 saturated carbocycles. The quantitative estimate of drug-likeness (QED) is 0.342. The third kappa shape index (κ3) is 2.73. The van der Waals surface area contributed by atoms with Crippen molar-refractivity contribution >= 4 is 17.8 Å². The second-order valence-corrected chi connectivity index (χ2v) is 3.42. The Hall–Kier alpha value is -0.180. The first-order valence-corrected chi connectivity index (χ1v) is 5.35. The van der Waals surface area contributed by atoms with E-state index in [0.717, 1.165) is 0 Å². The van der Waals surface area contributed by atoms with Crippen molar-refractivity contribution in [1.82, 2.24) is 4.90 Å². The summed E-state index contributed by atoms with van der Waals surface area (Å²) in [6.45, 7) is 4.51. The van der Waals surface area contributed by atoms with E-state index in [4.69, 9.17) is 0 Å². The first kappa shape index (κ1) is 8.91. The van der Waals surface area contributed by atoms with Gasteiger partial charge in [-0.15, -0.1) is 0 Å². The molecule has 1 aliphatic rings. The first-order valence-electron chi connectivity index (χ1n) is 4.17. The van der Waals surface area contributed by atoms with E-state index in [1.54, 1.807) is 11.9 Å². The van der Waals surface area contributed by atoms with Crippen LogP contribution in [-0.4, -0.2) is 30.1 Å². The predicted octanol–water partition coefficient (Wildman–Crippen LogP) is 2.17. The van der Waals surface area contributed by atoms with Gasteiger partial charge in [0.05, 0.1) is 0 Å². The van der Waals surface area contributed by atoms with E-state index in [-0.39, 0.29) is 0 Å². The Labute approximate surface area is 73.2 Å². The van der Waals surface area contributed by atoms with Gasteiger partial charge in [-0.25, -0.2) is 4.40 Å². The van der Waals surface area contributed by atoms with E-state index < -0.39 is 0 Å². The monoisotopic (exact) mass is 172 g/mol. The van der Waals surface area contributed by atoms with Gasteiger partial charge in [-0.3, -0.25) is 0 Å². The van der Waals surface area contributed by atoms with Crippen LogP contribution in [0.15, 0.2) is 4.40 Å². The summed E-state index contributed by atoms with van der Waals surface area (Å²) in [4.78, 5) is 2.38. The Kier molecular flexibility index (Phi) is 3.77. The molecule has 0 N–H and O–H groups in total. The van der Waals surface area contributed by atoms with Crippen LogP contribution >= 0.6 is 11.9 Å². The number of likely N-dealkylation sites (tertiary alicyclic amines) is 1. The lowest BCUT2D eigenvalue weighted by Gasteiger charge is -2.27. The second kappa shape index (κ2) is 4.65. The fourth-order valence-electron chi connectivity index (χ4n) is 1.41. The Morgan fingerprint density at radius 1 is 1.27 bits per heavy atom. The molecule has 0 aromatic carbocycles. The van der Waals surface area contributed by atoms with Crippen LogP contribution in [0.1, 0.15) is 26.2 Å². The van der Waals surface area contributed by atoms with Crippen LogP contribution in [0.3, 0.4) is 0 Å². The summed E-state index contributed by atoms with van der Waals surface area (Å²) in [7, 11) is 0. The molecule has 0 aromatic heterocycles. The summed E-state index contributed by atoms with van der Waals surface area (Å²) in [5, 5.41) is 0. The van der Waals surface area contributed by atoms with Crippen LogP contribution in [0.2, 0.25) is 0 Å². The van der Waals surface area contributed by atoms with Crippen LogP contribution in [-0.2, 0) is 0 Å².